The summed E-state index contributed by atoms with van der Waals surface area (Å²) in [5.41, 5.74) is 2.20. The Morgan fingerprint density at radius 2 is 1.77 bits per heavy atom. The molecular weight excluding hydrogens is 356 g/mol. The molecule has 1 fully saturated rings. The summed E-state index contributed by atoms with van der Waals surface area (Å²) in [5, 5.41) is 11.3. The van der Waals surface area contributed by atoms with Gasteiger partial charge in [-0.05, 0) is 36.1 Å². The molecule has 0 amide bonds. The van der Waals surface area contributed by atoms with Gasteiger partial charge in [-0.3, -0.25) is 15.0 Å². The Kier molecular flexibility index (Phi) is 5.64. The first kappa shape index (κ1) is 18.5. The van der Waals surface area contributed by atoms with Crippen molar-refractivity contribution in [1.29, 1.82) is 0 Å². The Labute approximate surface area is 157 Å². The monoisotopic (exact) mass is 376 g/mol. The molecule has 0 aliphatic heterocycles. The summed E-state index contributed by atoms with van der Waals surface area (Å²) in [6.07, 6.45) is 2.32. The summed E-state index contributed by atoms with van der Waals surface area (Å²) in [6, 6.07) is 11.1. The highest BCUT2D eigenvalue weighted by Gasteiger charge is 2.29. The molecule has 7 heteroatoms. The van der Waals surface area contributed by atoms with Crippen molar-refractivity contribution in [2.24, 2.45) is 0 Å². The first-order valence-corrected chi connectivity index (χ1v) is 8.77. The fourth-order valence-electron chi connectivity index (χ4n) is 3.01. The van der Waals surface area contributed by atoms with E-state index in [9.17, 15) is 10.1 Å². The molecule has 3 rings (SSSR count). The van der Waals surface area contributed by atoms with E-state index in [1.165, 1.54) is 0 Å². The Bertz CT molecular complexity index is 791. The van der Waals surface area contributed by atoms with Gasteiger partial charge in [-0.25, -0.2) is 0 Å². The number of nitro benzene ring substituents is 1. The molecule has 0 bridgehead atoms. The molecule has 1 aliphatic rings. The van der Waals surface area contributed by atoms with Crippen LogP contribution in [-0.2, 0) is 13.1 Å². The van der Waals surface area contributed by atoms with Crippen molar-refractivity contribution in [3.63, 3.8) is 0 Å². The van der Waals surface area contributed by atoms with Gasteiger partial charge in [0.25, 0.3) is 5.69 Å². The topological polar surface area (TPSA) is 64.8 Å². The molecule has 138 valence electrons. The van der Waals surface area contributed by atoms with E-state index in [0.717, 1.165) is 37.1 Å². The number of halogens is 1. The highest BCUT2D eigenvalue weighted by Crippen LogP contribution is 2.37. The van der Waals surface area contributed by atoms with E-state index in [1.54, 1.807) is 26.4 Å². The smallest absolute Gasteiger partial charge is 0.269 e. The highest BCUT2D eigenvalue weighted by atomic mass is 35.5. The zero-order valence-corrected chi connectivity index (χ0v) is 15.5. The van der Waals surface area contributed by atoms with Gasteiger partial charge in [0.15, 0.2) is 11.5 Å². The molecule has 6 nitrogen and oxygen atoms in total. The zero-order chi connectivity index (χ0) is 18.7. The van der Waals surface area contributed by atoms with Crippen molar-refractivity contribution < 1.29 is 14.4 Å². The third-order valence-corrected chi connectivity index (χ3v) is 4.76. The van der Waals surface area contributed by atoms with Crippen molar-refractivity contribution in [2.75, 3.05) is 14.2 Å². The molecule has 0 atom stereocenters. The van der Waals surface area contributed by atoms with Gasteiger partial charge in [-0.15, -0.1) is 0 Å². The summed E-state index contributed by atoms with van der Waals surface area (Å²) in [6.45, 7) is 1.45. The summed E-state index contributed by atoms with van der Waals surface area (Å²) in [7, 11) is 3.15. The lowest BCUT2D eigenvalue weighted by molar-refractivity contribution is -0.384. The Morgan fingerprint density at radius 3 is 2.31 bits per heavy atom. The van der Waals surface area contributed by atoms with Crippen LogP contribution in [0.4, 0.5) is 5.69 Å². The van der Waals surface area contributed by atoms with Crippen molar-refractivity contribution in [3.8, 4) is 11.5 Å². The molecule has 2 aromatic carbocycles. The van der Waals surface area contributed by atoms with Gasteiger partial charge >= 0.3 is 0 Å². The minimum Gasteiger partial charge on any atom is -0.493 e. The molecule has 0 N–H and O–H groups in total. The van der Waals surface area contributed by atoms with Crippen LogP contribution in [0.25, 0.3) is 0 Å². The van der Waals surface area contributed by atoms with Crippen LogP contribution in [0.1, 0.15) is 24.0 Å². The lowest BCUT2D eigenvalue weighted by atomic mass is 10.1. The van der Waals surface area contributed by atoms with Gasteiger partial charge < -0.3 is 9.47 Å². The minimum absolute atomic E-state index is 0.110. The standard InChI is InChI=1S/C19H21ClN2O4/c1-25-18-10-14(9-17(20)19(18)26-2)12-21(15-7-8-15)11-13-3-5-16(6-4-13)22(23)24/h3-6,9-10,15H,7-8,11-12H2,1-2H3. The molecule has 0 saturated heterocycles. The number of rotatable bonds is 8. The highest BCUT2D eigenvalue weighted by molar-refractivity contribution is 6.32. The zero-order valence-electron chi connectivity index (χ0n) is 14.8. The van der Waals surface area contributed by atoms with E-state index >= 15 is 0 Å². The van der Waals surface area contributed by atoms with Gasteiger partial charge in [-0.1, -0.05) is 23.7 Å². The van der Waals surface area contributed by atoms with Crippen molar-refractivity contribution in [2.45, 2.75) is 32.0 Å². The van der Waals surface area contributed by atoms with Crippen molar-refractivity contribution in [3.05, 3.63) is 62.7 Å². The predicted molar refractivity (Wildman–Crippen MR) is 99.9 cm³/mol. The summed E-state index contributed by atoms with van der Waals surface area (Å²) in [5.74, 6) is 1.15. The van der Waals surface area contributed by atoms with Gasteiger partial charge in [-0.2, -0.15) is 0 Å². The maximum atomic E-state index is 10.8. The largest absolute Gasteiger partial charge is 0.493 e. The van der Waals surface area contributed by atoms with E-state index < -0.39 is 0 Å². The van der Waals surface area contributed by atoms with Gasteiger partial charge in [0.2, 0.25) is 0 Å². The minimum atomic E-state index is -0.381. The Morgan fingerprint density at radius 1 is 1.12 bits per heavy atom. The average molecular weight is 377 g/mol. The third kappa shape index (κ3) is 4.26. The Hall–Kier alpha value is -2.31. The second-order valence-corrected chi connectivity index (χ2v) is 6.78. The quantitative estimate of drug-likeness (QED) is 0.503. The third-order valence-electron chi connectivity index (χ3n) is 4.48. The van der Waals surface area contributed by atoms with Gasteiger partial charge in [0.05, 0.1) is 24.2 Å². The summed E-state index contributed by atoms with van der Waals surface area (Å²) < 4.78 is 10.7. The number of non-ortho nitro benzene ring substituents is 1. The van der Waals surface area contributed by atoms with E-state index in [-0.39, 0.29) is 10.6 Å². The number of hydrogen-bond donors (Lipinski definition) is 0. The predicted octanol–water partition coefficient (Wildman–Crippen LogP) is 4.43. The molecule has 0 aromatic heterocycles. The van der Waals surface area contributed by atoms with E-state index in [4.69, 9.17) is 21.1 Å². The molecule has 0 unspecified atom stereocenters. The molecule has 0 radical (unpaired) electrons. The SMILES string of the molecule is COc1cc(CN(Cc2ccc([N+](=O)[O-])cc2)C2CC2)cc(Cl)c1OC. The molecule has 2 aromatic rings. The van der Waals surface area contributed by atoms with Crippen LogP contribution in [0, 0.1) is 10.1 Å². The number of hydrogen-bond acceptors (Lipinski definition) is 5. The Balaban J connectivity index is 1.77. The summed E-state index contributed by atoms with van der Waals surface area (Å²) in [4.78, 5) is 12.8. The van der Waals surface area contributed by atoms with Crippen LogP contribution >= 0.6 is 11.6 Å². The number of nitro groups is 1. The van der Waals surface area contributed by atoms with E-state index in [2.05, 4.69) is 4.90 Å². The number of nitrogens with zero attached hydrogens (tertiary/aromatic N) is 2. The molecular formula is C19H21ClN2O4. The average Bonchev–Trinajstić information content (AvgIpc) is 3.46. The van der Waals surface area contributed by atoms with Crippen LogP contribution in [0.15, 0.2) is 36.4 Å². The second-order valence-electron chi connectivity index (χ2n) is 6.37. The molecule has 1 aliphatic carbocycles. The molecule has 0 heterocycles. The molecule has 26 heavy (non-hydrogen) atoms. The van der Waals surface area contributed by atoms with Crippen molar-refractivity contribution >= 4 is 17.3 Å². The second kappa shape index (κ2) is 7.93. The van der Waals surface area contributed by atoms with Gasteiger partial charge in [0.1, 0.15) is 0 Å². The van der Waals surface area contributed by atoms with Crippen LogP contribution < -0.4 is 9.47 Å². The maximum absolute atomic E-state index is 10.8. The lowest BCUT2D eigenvalue weighted by Crippen LogP contribution is -2.25. The van der Waals surface area contributed by atoms with Crippen LogP contribution in [0.5, 0.6) is 11.5 Å². The molecule has 0 spiro atoms. The van der Waals surface area contributed by atoms with Crippen LogP contribution in [-0.4, -0.2) is 30.1 Å². The fourth-order valence-corrected chi connectivity index (χ4v) is 3.32. The van der Waals surface area contributed by atoms with Crippen LogP contribution in [0.2, 0.25) is 5.02 Å². The number of benzene rings is 2. The first-order chi connectivity index (χ1) is 12.5. The van der Waals surface area contributed by atoms with Gasteiger partial charge in [0, 0.05) is 31.3 Å². The fraction of sp³-hybridized carbons (Fsp3) is 0.368. The van der Waals surface area contributed by atoms with E-state index in [1.807, 2.05) is 24.3 Å². The summed E-state index contributed by atoms with van der Waals surface area (Å²) >= 11 is 6.31. The van der Waals surface area contributed by atoms with Crippen LogP contribution in [0.3, 0.4) is 0 Å². The lowest BCUT2D eigenvalue weighted by Gasteiger charge is -2.23. The first-order valence-electron chi connectivity index (χ1n) is 8.39. The maximum Gasteiger partial charge on any atom is 0.269 e. The number of methoxy groups -OCH3 is 2. The normalized spacial score (nSPS) is 13.7. The van der Waals surface area contributed by atoms with Crippen molar-refractivity contribution in [1.82, 2.24) is 4.90 Å². The van der Waals surface area contributed by atoms with E-state index in [0.29, 0.717) is 22.6 Å². The molecule has 1 saturated carbocycles. The number of ether oxygens (including phenoxy) is 2.